The lowest BCUT2D eigenvalue weighted by Crippen LogP contribution is -2.12. The van der Waals surface area contributed by atoms with Gasteiger partial charge in [-0.2, -0.15) is 0 Å². The van der Waals surface area contributed by atoms with E-state index in [2.05, 4.69) is 9.72 Å². The lowest BCUT2D eigenvalue weighted by Gasteiger charge is -2.05. The number of alkyl halides is 2. The number of halogens is 3. The second-order valence-corrected chi connectivity index (χ2v) is 3.37. The summed E-state index contributed by atoms with van der Waals surface area (Å²) < 4.78 is 42.8. The van der Waals surface area contributed by atoms with Crippen LogP contribution in [0.25, 0.3) is 0 Å². The normalized spacial score (nSPS) is 10.6. The van der Waals surface area contributed by atoms with E-state index in [1.807, 2.05) is 0 Å². The topological polar surface area (TPSA) is 82.3 Å². The van der Waals surface area contributed by atoms with E-state index in [-0.39, 0.29) is 6.61 Å². The van der Waals surface area contributed by atoms with Crippen LogP contribution in [0.5, 0.6) is 0 Å². The summed E-state index contributed by atoms with van der Waals surface area (Å²) in [6.45, 7) is 1.51. The number of carbonyl (C=O) groups excluding carboxylic acids is 1. The molecular weight excluding hydrogens is 269 g/mol. The van der Waals surface area contributed by atoms with Crippen molar-refractivity contribution in [1.82, 2.24) is 4.98 Å². The fourth-order valence-electron chi connectivity index (χ4n) is 1.33. The summed E-state index contributed by atoms with van der Waals surface area (Å²) in [5, 5.41) is 10.7. The van der Waals surface area contributed by atoms with Crippen molar-refractivity contribution < 1.29 is 27.6 Å². The van der Waals surface area contributed by atoms with Crippen molar-refractivity contribution in [3.8, 4) is 0 Å². The Labute approximate surface area is 105 Å². The van der Waals surface area contributed by atoms with Crippen molar-refractivity contribution in [3.05, 3.63) is 33.3 Å². The van der Waals surface area contributed by atoms with Crippen LogP contribution in [0, 0.1) is 15.9 Å². The van der Waals surface area contributed by atoms with Crippen molar-refractivity contribution >= 4 is 11.8 Å². The van der Waals surface area contributed by atoms with Gasteiger partial charge in [0.1, 0.15) is 5.82 Å². The number of hydrogen-bond acceptors (Lipinski definition) is 5. The molecule has 0 aliphatic rings. The number of rotatable bonds is 5. The SMILES string of the molecule is CCOC(=O)Cc1c(F)cc(C(F)F)nc1[N+](=O)[O-]. The number of ether oxygens (including phenoxy) is 1. The molecule has 1 aromatic rings. The Bertz CT molecular complexity index is 508. The van der Waals surface area contributed by atoms with Crippen molar-refractivity contribution in [2.45, 2.75) is 19.8 Å². The van der Waals surface area contributed by atoms with Crippen LogP contribution in [0.1, 0.15) is 24.6 Å². The number of nitro groups is 1. The number of hydrogen-bond donors (Lipinski definition) is 0. The molecule has 0 N–H and O–H groups in total. The number of nitrogens with zero attached hydrogens (tertiary/aromatic N) is 2. The van der Waals surface area contributed by atoms with Gasteiger partial charge in [0.05, 0.1) is 18.6 Å². The van der Waals surface area contributed by atoms with E-state index in [4.69, 9.17) is 0 Å². The van der Waals surface area contributed by atoms with Crippen molar-refractivity contribution in [3.63, 3.8) is 0 Å². The summed E-state index contributed by atoms with van der Waals surface area (Å²) in [5.74, 6) is -3.30. The van der Waals surface area contributed by atoms with Crippen LogP contribution in [-0.2, 0) is 16.0 Å². The molecule has 0 amide bonds. The van der Waals surface area contributed by atoms with Crippen LogP contribution < -0.4 is 0 Å². The molecule has 104 valence electrons. The first kappa shape index (κ1) is 14.9. The van der Waals surface area contributed by atoms with E-state index in [9.17, 15) is 28.1 Å². The van der Waals surface area contributed by atoms with Gasteiger partial charge >= 0.3 is 18.2 Å². The van der Waals surface area contributed by atoms with Gasteiger partial charge in [-0.3, -0.25) is 4.79 Å². The Morgan fingerprint density at radius 2 is 2.21 bits per heavy atom. The average Bonchev–Trinajstić information content (AvgIpc) is 2.31. The molecule has 0 aromatic carbocycles. The minimum atomic E-state index is -3.15. The van der Waals surface area contributed by atoms with E-state index in [1.54, 1.807) is 0 Å². The van der Waals surface area contributed by atoms with Gasteiger partial charge in [0.2, 0.25) is 5.69 Å². The summed E-state index contributed by atoms with van der Waals surface area (Å²) in [6, 6.07) is 0.367. The standard InChI is InChI=1S/C10H9F3N2O4/c1-2-19-8(16)3-5-6(11)4-7(9(12)13)14-10(5)15(17)18/h4,9H,2-3H2,1H3. The molecule has 1 rings (SSSR count). The van der Waals surface area contributed by atoms with E-state index in [0.717, 1.165) is 0 Å². The quantitative estimate of drug-likeness (QED) is 0.468. The summed E-state index contributed by atoms with van der Waals surface area (Å²) >= 11 is 0. The summed E-state index contributed by atoms with van der Waals surface area (Å²) in [5.41, 5.74) is -1.73. The predicted molar refractivity (Wildman–Crippen MR) is 56.1 cm³/mol. The molecule has 0 fully saturated rings. The first-order valence-electron chi connectivity index (χ1n) is 5.14. The Kier molecular flexibility index (Phi) is 4.79. The number of aromatic nitrogens is 1. The van der Waals surface area contributed by atoms with Crippen molar-refractivity contribution in [2.75, 3.05) is 6.61 Å². The summed E-state index contributed by atoms with van der Waals surface area (Å²) in [6.07, 6.45) is -3.89. The maximum absolute atomic E-state index is 13.5. The molecule has 0 radical (unpaired) electrons. The third-order valence-corrected chi connectivity index (χ3v) is 2.09. The van der Waals surface area contributed by atoms with Gasteiger partial charge in [-0.05, 0) is 16.8 Å². The lowest BCUT2D eigenvalue weighted by atomic mass is 10.1. The highest BCUT2D eigenvalue weighted by molar-refractivity contribution is 5.73. The van der Waals surface area contributed by atoms with Crippen LogP contribution >= 0.6 is 0 Å². The third kappa shape index (κ3) is 3.63. The van der Waals surface area contributed by atoms with Crippen LogP contribution in [0.3, 0.4) is 0 Å². The second kappa shape index (κ2) is 6.12. The Morgan fingerprint density at radius 3 is 2.68 bits per heavy atom. The molecule has 0 aliphatic heterocycles. The zero-order valence-corrected chi connectivity index (χ0v) is 9.73. The first-order chi connectivity index (χ1) is 8.86. The Balaban J connectivity index is 3.22. The molecule has 0 saturated carbocycles. The fourth-order valence-corrected chi connectivity index (χ4v) is 1.33. The maximum atomic E-state index is 13.5. The Hall–Kier alpha value is -2.19. The Morgan fingerprint density at radius 1 is 1.58 bits per heavy atom. The molecule has 6 nitrogen and oxygen atoms in total. The maximum Gasteiger partial charge on any atom is 0.370 e. The highest BCUT2D eigenvalue weighted by Gasteiger charge is 2.28. The minimum absolute atomic E-state index is 0.0107. The zero-order valence-electron chi connectivity index (χ0n) is 9.73. The molecule has 19 heavy (non-hydrogen) atoms. The molecule has 0 bridgehead atoms. The predicted octanol–water partition coefficient (Wildman–Crippen LogP) is 2.17. The number of carbonyl (C=O) groups is 1. The van der Waals surface area contributed by atoms with E-state index < -0.39 is 46.6 Å². The van der Waals surface area contributed by atoms with Crippen LogP contribution in [-0.4, -0.2) is 22.5 Å². The van der Waals surface area contributed by atoms with E-state index in [1.165, 1.54) is 6.92 Å². The summed E-state index contributed by atoms with van der Waals surface area (Å²) in [4.78, 5) is 23.8. The highest BCUT2D eigenvalue weighted by atomic mass is 19.3. The number of esters is 1. The lowest BCUT2D eigenvalue weighted by molar-refractivity contribution is -0.390. The van der Waals surface area contributed by atoms with Gasteiger partial charge in [-0.1, -0.05) is 0 Å². The molecule has 0 atom stereocenters. The molecule has 9 heteroatoms. The van der Waals surface area contributed by atoms with E-state index in [0.29, 0.717) is 6.07 Å². The first-order valence-corrected chi connectivity index (χ1v) is 5.14. The molecule has 0 spiro atoms. The zero-order chi connectivity index (χ0) is 14.6. The minimum Gasteiger partial charge on any atom is -0.466 e. The molecule has 1 heterocycles. The van der Waals surface area contributed by atoms with Gasteiger partial charge in [0.15, 0.2) is 0 Å². The monoisotopic (exact) mass is 278 g/mol. The van der Waals surface area contributed by atoms with Gasteiger partial charge in [-0.25, -0.2) is 13.2 Å². The van der Waals surface area contributed by atoms with Crippen LogP contribution in [0.15, 0.2) is 6.07 Å². The molecular formula is C10H9F3N2O4. The van der Waals surface area contributed by atoms with Gasteiger partial charge in [0.25, 0.3) is 0 Å². The van der Waals surface area contributed by atoms with Gasteiger partial charge < -0.3 is 14.9 Å². The number of pyridine rings is 1. The summed E-state index contributed by atoms with van der Waals surface area (Å²) in [7, 11) is 0. The van der Waals surface area contributed by atoms with Crippen LogP contribution in [0.2, 0.25) is 0 Å². The smallest absolute Gasteiger partial charge is 0.370 e. The average molecular weight is 278 g/mol. The second-order valence-electron chi connectivity index (χ2n) is 3.37. The molecule has 0 aliphatic carbocycles. The van der Waals surface area contributed by atoms with Gasteiger partial charge in [0, 0.05) is 6.07 Å². The molecule has 0 saturated heterocycles. The van der Waals surface area contributed by atoms with Crippen molar-refractivity contribution in [1.29, 1.82) is 0 Å². The molecule has 0 unspecified atom stereocenters. The highest BCUT2D eigenvalue weighted by Crippen LogP contribution is 2.26. The molecule has 1 aromatic heterocycles. The fraction of sp³-hybridized carbons (Fsp3) is 0.400. The van der Waals surface area contributed by atoms with E-state index >= 15 is 0 Å². The third-order valence-electron chi connectivity index (χ3n) is 2.09. The van der Waals surface area contributed by atoms with Gasteiger partial charge in [-0.15, -0.1) is 0 Å². The largest absolute Gasteiger partial charge is 0.466 e. The van der Waals surface area contributed by atoms with Crippen molar-refractivity contribution in [2.24, 2.45) is 0 Å². The van der Waals surface area contributed by atoms with Crippen LogP contribution in [0.4, 0.5) is 19.0 Å².